The minimum Gasteiger partial charge on any atom is -0.506 e. The van der Waals surface area contributed by atoms with Gasteiger partial charge in [-0.1, -0.05) is 35.4 Å². The van der Waals surface area contributed by atoms with Crippen LogP contribution in [0, 0.1) is 6.92 Å². The second-order valence-electron chi connectivity index (χ2n) is 3.43. The highest BCUT2D eigenvalue weighted by Gasteiger charge is 2.12. The van der Waals surface area contributed by atoms with Gasteiger partial charge in [0.05, 0.1) is 5.02 Å². The minimum atomic E-state index is 0.108. The van der Waals surface area contributed by atoms with Crippen molar-refractivity contribution in [3.63, 3.8) is 0 Å². The van der Waals surface area contributed by atoms with E-state index in [4.69, 9.17) is 23.2 Å². The fourth-order valence-corrected chi connectivity index (χ4v) is 1.77. The molecule has 0 saturated carbocycles. The van der Waals surface area contributed by atoms with Gasteiger partial charge >= 0.3 is 0 Å². The van der Waals surface area contributed by atoms with Gasteiger partial charge in [0.15, 0.2) is 0 Å². The maximum Gasteiger partial charge on any atom is 0.138 e. The van der Waals surface area contributed by atoms with Crippen LogP contribution in [-0.4, -0.2) is 5.11 Å². The Labute approximate surface area is 94.0 Å². The van der Waals surface area contributed by atoms with E-state index >= 15 is 0 Å². The molecule has 14 heavy (non-hydrogen) atoms. The van der Waals surface area contributed by atoms with Gasteiger partial charge in [0, 0.05) is 10.6 Å². The zero-order valence-electron chi connectivity index (χ0n) is 8.19. The molecule has 1 rings (SSSR count). The van der Waals surface area contributed by atoms with Crippen LogP contribution in [0.5, 0.6) is 5.75 Å². The summed E-state index contributed by atoms with van der Waals surface area (Å²) in [5, 5.41) is 10.6. The van der Waals surface area contributed by atoms with E-state index in [0.717, 1.165) is 16.7 Å². The maximum atomic E-state index is 9.72. The third-order valence-corrected chi connectivity index (χ3v) is 2.74. The van der Waals surface area contributed by atoms with Crippen LogP contribution in [0.15, 0.2) is 18.2 Å². The fourth-order valence-electron chi connectivity index (χ4n) is 1.27. The Balaban J connectivity index is 3.31. The van der Waals surface area contributed by atoms with Crippen LogP contribution >= 0.6 is 23.2 Å². The molecule has 0 aromatic heterocycles. The van der Waals surface area contributed by atoms with Crippen LogP contribution in [0.4, 0.5) is 0 Å². The number of aromatic hydroxyl groups is 1. The van der Waals surface area contributed by atoms with Gasteiger partial charge < -0.3 is 5.11 Å². The van der Waals surface area contributed by atoms with Crippen LogP contribution in [0.2, 0.25) is 10.0 Å². The second-order valence-corrected chi connectivity index (χ2v) is 4.24. The van der Waals surface area contributed by atoms with Crippen molar-refractivity contribution < 1.29 is 5.11 Å². The summed E-state index contributed by atoms with van der Waals surface area (Å²) in [5.41, 5.74) is 2.58. The zero-order chi connectivity index (χ0) is 10.9. The largest absolute Gasteiger partial charge is 0.506 e. The fraction of sp³-hybridized carbons (Fsp3) is 0.273. The smallest absolute Gasteiger partial charge is 0.138 e. The Morgan fingerprint density at radius 2 is 2.00 bits per heavy atom. The first-order chi connectivity index (χ1) is 6.43. The Morgan fingerprint density at radius 1 is 1.43 bits per heavy atom. The van der Waals surface area contributed by atoms with Crippen molar-refractivity contribution in [3.8, 4) is 5.75 Å². The normalized spacial score (nSPS) is 10.3. The summed E-state index contributed by atoms with van der Waals surface area (Å²) in [6, 6.07) is 1.55. The van der Waals surface area contributed by atoms with Crippen molar-refractivity contribution >= 4 is 23.2 Å². The molecular formula is C11H12Cl2O. The number of phenolic OH excluding ortho intramolecular Hbond substituents is 1. The molecule has 3 heteroatoms. The lowest BCUT2D eigenvalue weighted by Crippen LogP contribution is -1.93. The summed E-state index contributed by atoms with van der Waals surface area (Å²) in [6.45, 7) is 7.55. The Bertz CT molecular complexity index is 357. The lowest BCUT2D eigenvalue weighted by atomic mass is 10.0. The van der Waals surface area contributed by atoms with Crippen LogP contribution in [0.1, 0.15) is 18.1 Å². The molecule has 0 fully saturated rings. The summed E-state index contributed by atoms with van der Waals surface area (Å²) in [6.07, 6.45) is 0.595. The monoisotopic (exact) mass is 230 g/mol. The van der Waals surface area contributed by atoms with Crippen LogP contribution in [0.3, 0.4) is 0 Å². The van der Waals surface area contributed by atoms with E-state index < -0.39 is 0 Å². The van der Waals surface area contributed by atoms with E-state index in [-0.39, 0.29) is 10.8 Å². The van der Waals surface area contributed by atoms with Gasteiger partial charge in [0.25, 0.3) is 0 Å². The molecule has 1 nitrogen and oxygen atoms in total. The first-order valence-electron chi connectivity index (χ1n) is 4.24. The number of benzene rings is 1. The molecule has 0 spiro atoms. The first-order valence-corrected chi connectivity index (χ1v) is 5.00. The third-order valence-electron chi connectivity index (χ3n) is 2.05. The van der Waals surface area contributed by atoms with Crippen molar-refractivity contribution in [3.05, 3.63) is 39.4 Å². The SMILES string of the molecule is C=C(C)Cc1c(C)c(Cl)cc(Cl)c1O. The van der Waals surface area contributed by atoms with E-state index in [9.17, 15) is 5.11 Å². The molecule has 0 unspecified atom stereocenters. The topological polar surface area (TPSA) is 20.2 Å². The highest BCUT2D eigenvalue weighted by molar-refractivity contribution is 6.36. The highest BCUT2D eigenvalue weighted by atomic mass is 35.5. The molecule has 0 aliphatic carbocycles. The van der Waals surface area contributed by atoms with Crippen LogP contribution < -0.4 is 0 Å². The highest BCUT2D eigenvalue weighted by Crippen LogP contribution is 2.35. The average molecular weight is 231 g/mol. The molecule has 0 atom stereocenters. The molecule has 0 saturated heterocycles. The van der Waals surface area contributed by atoms with Gasteiger partial charge in [-0.2, -0.15) is 0 Å². The number of hydrogen-bond donors (Lipinski definition) is 1. The minimum absolute atomic E-state index is 0.108. The summed E-state index contributed by atoms with van der Waals surface area (Å²) in [4.78, 5) is 0. The lowest BCUT2D eigenvalue weighted by molar-refractivity contribution is 0.469. The summed E-state index contributed by atoms with van der Waals surface area (Å²) in [7, 11) is 0. The molecule has 0 radical (unpaired) electrons. The van der Waals surface area contributed by atoms with Crippen LogP contribution in [-0.2, 0) is 6.42 Å². The van der Waals surface area contributed by atoms with Crippen molar-refractivity contribution in [2.75, 3.05) is 0 Å². The van der Waals surface area contributed by atoms with Gasteiger partial charge in [0.1, 0.15) is 5.75 Å². The number of hydrogen-bond acceptors (Lipinski definition) is 1. The van der Waals surface area contributed by atoms with E-state index in [1.165, 1.54) is 0 Å². The summed E-state index contributed by atoms with van der Waals surface area (Å²) >= 11 is 11.8. The van der Waals surface area contributed by atoms with E-state index in [0.29, 0.717) is 11.4 Å². The van der Waals surface area contributed by atoms with Gasteiger partial charge in [-0.05, 0) is 31.9 Å². The van der Waals surface area contributed by atoms with Crippen molar-refractivity contribution in [1.82, 2.24) is 0 Å². The molecular weight excluding hydrogens is 219 g/mol. The second kappa shape index (κ2) is 4.24. The van der Waals surface area contributed by atoms with Gasteiger partial charge in [-0.15, -0.1) is 0 Å². The lowest BCUT2D eigenvalue weighted by Gasteiger charge is -2.11. The van der Waals surface area contributed by atoms with Crippen molar-refractivity contribution in [2.24, 2.45) is 0 Å². The Hall–Kier alpha value is -0.660. The quantitative estimate of drug-likeness (QED) is 0.759. The molecule has 1 aromatic rings. The molecule has 1 aromatic carbocycles. The summed E-state index contributed by atoms with van der Waals surface area (Å²) < 4.78 is 0. The van der Waals surface area contributed by atoms with Crippen molar-refractivity contribution in [2.45, 2.75) is 20.3 Å². The van der Waals surface area contributed by atoms with Crippen LogP contribution in [0.25, 0.3) is 0 Å². The number of phenols is 1. The van der Waals surface area contributed by atoms with E-state index in [1.54, 1.807) is 6.07 Å². The predicted molar refractivity (Wildman–Crippen MR) is 61.4 cm³/mol. The van der Waals surface area contributed by atoms with Gasteiger partial charge in [-0.25, -0.2) is 0 Å². The maximum absolute atomic E-state index is 9.72. The standard InChI is InChI=1S/C11H12Cl2O/c1-6(2)4-8-7(3)9(12)5-10(13)11(8)14/h5,14H,1,4H2,2-3H3. The van der Waals surface area contributed by atoms with E-state index in [1.807, 2.05) is 13.8 Å². The predicted octanol–water partition coefficient (Wildman–Crippen LogP) is 4.13. The number of rotatable bonds is 2. The zero-order valence-corrected chi connectivity index (χ0v) is 9.71. The molecule has 0 amide bonds. The van der Waals surface area contributed by atoms with Gasteiger partial charge in [0.2, 0.25) is 0 Å². The molecule has 76 valence electrons. The van der Waals surface area contributed by atoms with Crippen molar-refractivity contribution in [1.29, 1.82) is 0 Å². The molecule has 0 heterocycles. The van der Waals surface area contributed by atoms with E-state index in [2.05, 4.69) is 6.58 Å². The first kappa shape index (κ1) is 11.4. The Morgan fingerprint density at radius 3 is 2.50 bits per heavy atom. The summed E-state index contributed by atoms with van der Waals surface area (Å²) in [5.74, 6) is 0.108. The molecule has 0 aliphatic heterocycles. The number of halogens is 2. The Kier molecular flexibility index (Phi) is 3.46. The number of allylic oxidation sites excluding steroid dienone is 1. The molecule has 0 bridgehead atoms. The molecule has 1 N–H and O–H groups in total. The average Bonchev–Trinajstić information content (AvgIpc) is 2.09. The molecule has 0 aliphatic rings. The third kappa shape index (κ3) is 2.23. The van der Waals surface area contributed by atoms with Gasteiger partial charge in [-0.3, -0.25) is 0 Å².